The summed E-state index contributed by atoms with van der Waals surface area (Å²) in [6.07, 6.45) is 9.61. The summed E-state index contributed by atoms with van der Waals surface area (Å²) < 4.78 is 5.39. The number of fused-ring (bicyclic) bond motifs is 6. The van der Waals surface area contributed by atoms with Crippen LogP contribution in [0.2, 0.25) is 0 Å². The lowest BCUT2D eigenvalue weighted by molar-refractivity contribution is -0.383. The van der Waals surface area contributed by atoms with Crippen LogP contribution < -0.4 is 16.0 Å². The van der Waals surface area contributed by atoms with Crippen LogP contribution in [-0.2, 0) is 20.8 Å². The van der Waals surface area contributed by atoms with Gasteiger partial charge in [0.2, 0.25) is 5.91 Å². The molecule has 5 aliphatic rings. The zero-order chi connectivity index (χ0) is 49.2. The van der Waals surface area contributed by atoms with Gasteiger partial charge in [-0.1, -0.05) is 32.9 Å². The summed E-state index contributed by atoms with van der Waals surface area (Å²) >= 11 is 0. The zero-order valence-electron chi connectivity index (χ0n) is 40.4. The van der Waals surface area contributed by atoms with Crippen LogP contribution in [0.1, 0.15) is 84.1 Å². The molecule has 7 N–H and O–H groups in total. The second-order valence-electron chi connectivity index (χ2n) is 21.7. The molecule has 17 heteroatoms. The average molecular weight is 956 g/mol. The predicted molar refractivity (Wildman–Crippen MR) is 261 cm³/mol. The Labute approximate surface area is 405 Å². The molecule has 6 unspecified atom stereocenters. The number of amides is 1. The maximum absolute atomic E-state index is 13.4. The number of aliphatic carboxylic acids is 2. The molecule has 2 heterocycles. The van der Waals surface area contributed by atoms with Crippen molar-refractivity contribution in [2.24, 2.45) is 46.3 Å². The van der Waals surface area contributed by atoms with E-state index in [-0.39, 0.29) is 83.1 Å². The molecule has 1 aliphatic heterocycles. The van der Waals surface area contributed by atoms with E-state index in [0.29, 0.717) is 94.4 Å². The third-order valence-corrected chi connectivity index (χ3v) is 17.8. The van der Waals surface area contributed by atoms with Crippen LogP contribution in [0.4, 0.5) is 17.1 Å². The summed E-state index contributed by atoms with van der Waals surface area (Å²) in [6, 6.07) is 10.9. The standard InChI is InChI=1S/C52H73N7O10/c1-32(5-14-47(62)55-35-8-6-33(7-9-35)23-37(53-27-48(63)64)28-57-19-17-56(4)18-20-58(22-21-57)29-49(65)66)40-10-11-41-50-42(26-46(61)52(40,41)3)51(2)16-15-36(24-34(51)25-45(50)60)54-43-12-13-44(59(67)68)39-31-69-30-38(39)43/h4,6-9,12-13,30-32,34,36-37,40-42,45-46,50,53-54,60-61H,5,10-11,14-29H2,1-3H3,(H,55,62)(H,63,64)(H,65,66)/t32?,34-,36?,37?,40+,41?,42?,45+,46-,50?,51-,52+/m0/s1. The van der Waals surface area contributed by atoms with Gasteiger partial charge in [0.1, 0.15) is 12.5 Å². The molecule has 69 heavy (non-hydrogen) atoms. The third kappa shape index (κ3) is 11.1. The molecule has 12 atom stereocenters. The molecule has 0 spiro atoms. The summed E-state index contributed by atoms with van der Waals surface area (Å²) in [5.41, 5.74) is 2.10. The van der Waals surface area contributed by atoms with Crippen molar-refractivity contribution in [3.8, 4) is 0 Å². The number of anilines is 2. The van der Waals surface area contributed by atoms with E-state index in [9.17, 15) is 44.9 Å². The largest absolute Gasteiger partial charge is 0.480 e. The summed E-state index contributed by atoms with van der Waals surface area (Å²) in [4.78, 5) is 53.4. The van der Waals surface area contributed by atoms with Gasteiger partial charge in [0.05, 0.1) is 41.0 Å². The van der Waals surface area contributed by atoms with E-state index >= 15 is 0 Å². The highest BCUT2D eigenvalue weighted by Crippen LogP contribution is 2.68. The number of carboxylic acid groups (broad SMARTS) is 2. The van der Waals surface area contributed by atoms with Gasteiger partial charge in [-0.2, -0.15) is 0 Å². The van der Waals surface area contributed by atoms with E-state index in [1.54, 1.807) is 17.2 Å². The molecule has 17 nitrogen and oxygen atoms in total. The van der Waals surface area contributed by atoms with Gasteiger partial charge >= 0.3 is 11.9 Å². The average Bonchev–Trinajstić information content (AvgIpc) is 3.96. The van der Waals surface area contributed by atoms with Crippen LogP contribution in [0.15, 0.2) is 53.3 Å². The summed E-state index contributed by atoms with van der Waals surface area (Å²) in [5, 5.41) is 65.9. The second-order valence-corrected chi connectivity index (χ2v) is 21.7. The fourth-order valence-corrected chi connectivity index (χ4v) is 14.1. The molecule has 2 radical (unpaired) electrons. The number of hydrogen-bond donors (Lipinski definition) is 7. The number of carboxylic acids is 2. The smallest absolute Gasteiger partial charge is 0.317 e. The van der Waals surface area contributed by atoms with Crippen molar-refractivity contribution in [1.29, 1.82) is 0 Å². The zero-order valence-corrected chi connectivity index (χ0v) is 40.4. The molecular weight excluding hydrogens is 883 g/mol. The van der Waals surface area contributed by atoms with Gasteiger partial charge in [-0.15, -0.1) is 0 Å². The molecule has 1 aromatic heterocycles. The number of rotatable bonds is 17. The lowest BCUT2D eigenvalue weighted by Crippen LogP contribution is -2.62. The van der Waals surface area contributed by atoms with Crippen LogP contribution >= 0.6 is 0 Å². The normalized spacial score (nSPS) is 32.1. The number of non-ortho nitro benzene ring substituents is 1. The van der Waals surface area contributed by atoms with E-state index in [1.165, 1.54) is 12.3 Å². The quantitative estimate of drug-likeness (QED) is 0.0604. The molecule has 376 valence electrons. The Morgan fingerprint density at radius 3 is 2.33 bits per heavy atom. The Bertz CT molecular complexity index is 2290. The number of furan rings is 1. The maximum atomic E-state index is 13.4. The van der Waals surface area contributed by atoms with Crippen molar-refractivity contribution in [3.63, 3.8) is 0 Å². The topological polar surface area (TPSA) is 234 Å². The number of nitro benzene ring substituents is 1. The number of nitrogens with zero attached hydrogens (tertiary/aromatic N) is 4. The molecular formula is C52H73N7O10. The molecule has 0 bridgehead atoms. The van der Waals surface area contributed by atoms with Crippen LogP contribution in [0.3, 0.4) is 0 Å². The number of carbonyl (C=O) groups excluding carboxylic acids is 1. The van der Waals surface area contributed by atoms with Crippen molar-refractivity contribution < 1.29 is 44.2 Å². The highest BCUT2D eigenvalue weighted by atomic mass is 16.6. The first-order valence-electron chi connectivity index (χ1n) is 25.2. The van der Waals surface area contributed by atoms with Gasteiger partial charge in [0.25, 0.3) is 5.69 Å². The number of nitrogens with one attached hydrogen (secondary N) is 3. The number of aliphatic hydroxyl groups is 2. The number of benzene rings is 2. The lowest BCUT2D eigenvalue weighted by Gasteiger charge is -2.63. The predicted octanol–water partition coefficient (Wildman–Crippen LogP) is 6.04. The first-order chi connectivity index (χ1) is 32.9. The molecule has 5 fully saturated rings. The number of carbonyl (C=O) groups is 3. The third-order valence-electron chi connectivity index (χ3n) is 17.8. The Balaban J connectivity index is 0.839. The van der Waals surface area contributed by atoms with Crippen molar-refractivity contribution in [3.05, 3.63) is 71.6 Å². The summed E-state index contributed by atoms with van der Waals surface area (Å²) in [7, 11) is 6.18. The van der Waals surface area contributed by atoms with Crippen LogP contribution in [0, 0.1) is 63.5 Å². The number of nitro groups is 1. The van der Waals surface area contributed by atoms with E-state index < -0.39 is 29.1 Å². The van der Waals surface area contributed by atoms with Gasteiger partial charge in [-0.05, 0) is 128 Å². The molecule has 1 saturated heterocycles. The van der Waals surface area contributed by atoms with Crippen molar-refractivity contribution >= 4 is 45.7 Å². The minimum absolute atomic E-state index is 0.0169. The molecule has 2 aromatic carbocycles. The van der Waals surface area contributed by atoms with E-state index in [1.807, 2.05) is 29.2 Å². The Hall–Kier alpha value is -4.65. The van der Waals surface area contributed by atoms with E-state index in [2.05, 4.69) is 41.6 Å². The molecule has 3 aromatic rings. The van der Waals surface area contributed by atoms with Gasteiger partial charge < -0.3 is 40.8 Å². The molecule has 1 amide bonds. The fourth-order valence-electron chi connectivity index (χ4n) is 14.1. The van der Waals surface area contributed by atoms with Gasteiger partial charge in [0, 0.05) is 88.8 Å². The lowest BCUT2D eigenvalue weighted by atomic mass is 9.43. The highest BCUT2D eigenvalue weighted by Gasteiger charge is 2.65. The van der Waals surface area contributed by atoms with E-state index in [0.717, 1.165) is 43.4 Å². The van der Waals surface area contributed by atoms with Crippen LogP contribution in [-0.4, -0.2) is 141 Å². The van der Waals surface area contributed by atoms with E-state index in [4.69, 9.17) is 11.5 Å². The first kappa shape index (κ1) is 50.7. The number of hydrogen-bond acceptors (Lipinski definition) is 13. The maximum Gasteiger partial charge on any atom is 0.317 e. The van der Waals surface area contributed by atoms with Crippen molar-refractivity contribution in [2.75, 3.05) is 69.5 Å². The Morgan fingerprint density at radius 2 is 1.61 bits per heavy atom. The SMILES string of the molecule is [CH]N1CCN(CC(=O)O)CCN(CC(Cc2ccc(NC(=O)CCC(C)[C@H]3CCC4C5C(C[C@H](O)[C@@]43C)[C@@]3(C)CCC(Nc4ccc([N+](=O)[O-])c6cocc46)C[C@H]3C[C@H]5O)cc2)NCC(=O)O)CC1. The highest BCUT2D eigenvalue weighted by molar-refractivity contribution is 5.99. The van der Waals surface area contributed by atoms with Crippen LogP contribution in [0.25, 0.3) is 10.8 Å². The minimum Gasteiger partial charge on any atom is -0.480 e. The molecule has 8 rings (SSSR count). The Morgan fingerprint density at radius 1 is 0.899 bits per heavy atom. The number of aliphatic hydroxyl groups excluding tert-OH is 2. The van der Waals surface area contributed by atoms with Crippen LogP contribution in [0.5, 0.6) is 0 Å². The second kappa shape index (κ2) is 21.4. The summed E-state index contributed by atoms with van der Waals surface area (Å²) in [5.74, 6) is -0.764. The summed E-state index contributed by atoms with van der Waals surface area (Å²) in [6.45, 7) is 10.7. The van der Waals surface area contributed by atoms with Crippen molar-refractivity contribution in [1.82, 2.24) is 20.0 Å². The molecule has 4 aliphatic carbocycles. The monoisotopic (exact) mass is 956 g/mol. The van der Waals surface area contributed by atoms with Gasteiger partial charge in [-0.25, -0.2) is 0 Å². The Kier molecular flexibility index (Phi) is 15.7. The van der Waals surface area contributed by atoms with Crippen molar-refractivity contribution in [2.45, 2.75) is 109 Å². The fraction of sp³-hybridized carbons (Fsp3) is 0.654. The van der Waals surface area contributed by atoms with Gasteiger partial charge in [-0.3, -0.25) is 39.2 Å². The molecule has 4 saturated carbocycles. The van der Waals surface area contributed by atoms with Gasteiger partial charge in [0.15, 0.2) is 0 Å². The first-order valence-corrected chi connectivity index (χ1v) is 25.2. The minimum atomic E-state index is -0.955.